The van der Waals surface area contributed by atoms with Crippen molar-refractivity contribution >= 4 is 29.3 Å². The standard InChI is InChI=1S/C18H22N2O2S.ClH/c1-14-9-17(18(21)22)23(11-15-5-3-2-4-6-15)12-16(14)10-20-8-7-19-13-20;/h2-9,13-14,16,23H,10-12H2,1H3,(H,21,22);1H. The highest BCUT2D eigenvalue weighted by Crippen LogP contribution is 2.47. The molecule has 2 aromatic rings. The second-order valence-electron chi connectivity index (χ2n) is 6.10. The van der Waals surface area contributed by atoms with E-state index in [4.69, 9.17) is 0 Å². The lowest BCUT2D eigenvalue weighted by Gasteiger charge is -2.35. The third-order valence-corrected chi connectivity index (χ3v) is 7.08. The van der Waals surface area contributed by atoms with Crippen molar-refractivity contribution in [2.45, 2.75) is 19.2 Å². The van der Waals surface area contributed by atoms with E-state index >= 15 is 0 Å². The van der Waals surface area contributed by atoms with Crippen LogP contribution in [0.3, 0.4) is 0 Å². The average Bonchev–Trinajstić information content (AvgIpc) is 3.04. The minimum absolute atomic E-state index is 0. The molecule has 0 radical (unpaired) electrons. The van der Waals surface area contributed by atoms with Gasteiger partial charge in [-0.2, -0.15) is 0 Å². The van der Waals surface area contributed by atoms with Gasteiger partial charge in [0, 0.05) is 24.7 Å². The number of carbonyl (C=O) groups is 1. The maximum absolute atomic E-state index is 11.7. The minimum atomic E-state index is -0.750. The number of aromatic nitrogens is 2. The Morgan fingerprint density at radius 3 is 2.75 bits per heavy atom. The molecule has 0 fully saturated rings. The summed E-state index contributed by atoms with van der Waals surface area (Å²) in [6, 6.07) is 10.2. The highest BCUT2D eigenvalue weighted by Gasteiger charge is 2.30. The van der Waals surface area contributed by atoms with Crippen LogP contribution >= 0.6 is 23.3 Å². The number of rotatable bonds is 5. The molecule has 3 unspecified atom stereocenters. The molecule has 0 spiro atoms. The van der Waals surface area contributed by atoms with Crippen molar-refractivity contribution in [2.75, 3.05) is 5.75 Å². The smallest absolute Gasteiger partial charge is 0.340 e. The summed E-state index contributed by atoms with van der Waals surface area (Å²) in [7, 11) is -0.671. The van der Waals surface area contributed by atoms with Gasteiger partial charge in [0.15, 0.2) is 0 Å². The van der Waals surface area contributed by atoms with Gasteiger partial charge in [-0.25, -0.2) is 20.7 Å². The van der Waals surface area contributed by atoms with Crippen LogP contribution in [0, 0.1) is 11.8 Å². The first-order valence-electron chi connectivity index (χ1n) is 7.83. The fourth-order valence-electron chi connectivity index (χ4n) is 3.09. The molecule has 3 atom stereocenters. The molecule has 1 aromatic heterocycles. The number of hydrogen-bond acceptors (Lipinski definition) is 2. The number of benzene rings is 1. The number of imidazole rings is 1. The fraction of sp³-hybridized carbons (Fsp3) is 0.333. The second kappa shape index (κ2) is 8.40. The van der Waals surface area contributed by atoms with E-state index in [2.05, 4.69) is 28.6 Å². The topological polar surface area (TPSA) is 55.1 Å². The first kappa shape index (κ1) is 18.6. The number of carboxylic acids is 1. The molecule has 0 aliphatic carbocycles. The van der Waals surface area contributed by atoms with E-state index in [9.17, 15) is 9.90 Å². The SMILES string of the molecule is CC1C=C(C(=O)O)[SH](Cc2ccccc2)CC1Cn1ccnc1.Cl. The van der Waals surface area contributed by atoms with E-state index in [0.29, 0.717) is 10.8 Å². The van der Waals surface area contributed by atoms with Crippen LogP contribution in [0.25, 0.3) is 0 Å². The molecule has 0 saturated heterocycles. The van der Waals surface area contributed by atoms with Gasteiger partial charge in [0.1, 0.15) is 0 Å². The van der Waals surface area contributed by atoms with Crippen molar-refractivity contribution in [3.05, 3.63) is 65.6 Å². The zero-order valence-corrected chi connectivity index (χ0v) is 15.3. The van der Waals surface area contributed by atoms with Crippen LogP contribution in [0.1, 0.15) is 12.5 Å². The summed E-state index contributed by atoms with van der Waals surface area (Å²) >= 11 is 0. The quantitative estimate of drug-likeness (QED) is 0.792. The molecule has 1 aromatic carbocycles. The molecule has 3 rings (SSSR count). The monoisotopic (exact) mass is 366 g/mol. The molecular weight excluding hydrogens is 344 g/mol. The van der Waals surface area contributed by atoms with Crippen LogP contribution in [-0.4, -0.2) is 26.4 Å². The maximum atomic E-state index is 11.7. The summed E-state index contributed by atoms with van der Waals surface area (Å²) < 4.78 is 2.09. The van der Waals surface area contributed by atoms with Gasteiger partial charge in [-0.15, -0.1) is 12.4 Å². The van der Waals surface area contributed by atoms with Crippen LogP contribution in [0.4, 0.5) is 0 Å². The second-order valence-corrected chi connectivity index (χ2v) is 8.34. The molecule has 0 amide bonds. The highest BCUT2D eigenvalue weighted by atomic mass is 35.5. The molecule has 4 nitrogen and oxygen atoms in total. The van der Waals surface area contributed by atoms with Gasteiger partial charge in [-0.05, 0) is 23.2 Å². The van der Waals surface area contributed by atoms with Crippen LogP contribution in [-0.2, 0) is 17.1 Å². The van der Waals surface area contributed by atoms with E-state index in [0.717, 1.165) is 18.1 Å². The third-order valence-electron chi connectivity index (χ3n) is 4.40. The first-order chi connectivity index (χ1) is 11.1. The van der Waals surface area contributed by atoms with Crippen LogP contribution < -0.4 is 0 Å². The summed E-state index contributed by atoms with van der Waals surface area (Å²) in [6.45, 7) is 3.03. The van der Waals surface area contributed by atoms with Gasteiger partial charge in [-0.1, -0.05) is 43.3 Å². The van der Waals surface area contributed by atoms with Crippen molar-refractivity contribution in [3.63, 3.8) is 0 Å². The molecular formula is C18H23ClN2O2S. The van der Waals surface area contributed by atoms with Crippen molar-refractivity contribution in [2.24, 2.45) is 11.8 Å². The summed E-state index contributed by atoms with van der Waals surface area (Å²) in [5.41, 5.74) is 1.22. The van der Waals surface area contributed by atoms with Gasteiger partial charge in [0.05, 0.1) is 11.2 Å². The van der Waals surface area contributed by atoms with Crippen LogP contribution in [0.2, 0.25) is 0 Å². The highest BCUT2D eigenvalue weighted by molar-refractivity contribution is 8.20. The molecule has 1 aliphatic heterocycles. The molecule has 130 valence electrons. The zero-order chi connectivity index (χ0) is 16.2. The van der Waals surface area contributed by atoms with Crippen molar-refractivity contribution in [1.82, 2.24) is 9.55 Å². The lowest BCUT2D eigenvalue weighted by Crippen LogP contribution is -2.26. The van der Waals surface area contributed by atoms with Crippen LogP contribution in [0.15, 0.2) is 60.0 Å². The lowest BCUT2D eigenvalue weighted by molar-refractivity contribution is -0.131. The molecule has 2 heterocycles. The van der Waals surface area contributed by atoms with E-state index in [1.807, 2.05) is 36.8 Å². The molecule has 24 heavy (non-hydrogen) atoms. The number of nitrogens with zero attached hydrogens (tertiary/aromatic N) is 2. The van der Waals surface area contributed by atoms with Gasteiger partial charge in [0.25, 0.3) is 0 Å². The Hall–Kier alpha value is -1.72. The summed E-state index contributed by atoms with van der Waals surface area (Å²) in [5, 5.41) is 9.58. The lowest BCUT2D eigenvalue weighted by atomic mass is 9.94. The van der Waals surface area contributed by atoms with Crippen molar-refractivity contribution < 1.29 is 9.90 Å². The van der Waals surface area contributed by atoms with E-state index in [-0.39, 0.29) is 18.3 Å². The van der Waals surface area contributed by atoms with E-state index < -0.39 is 16.9 Å². The van der Waals surface area contributed by atoms with Gasteiger partial charge in [0.2, 0.25) is 0 Å². The number of allylic oxidation sites excluding steroid dienone is 1. The van der Waals surface area contributed by atoms with Gasteiger partial charge in [-0.3, -0.25) is 0 Å². The van der Waals surface area contributed by atoms with E-state index in [1.54, 1.807) is 6.20 Å². The average molecular weight is 367 g/mol. The van der Waals surface area contributed by atoms with Crippen LogP contribution in [0.5, 0.6) is 0 Å². The number of thiol groups is 1. The third kappa shape index (κ3) is 4.42. The molecule has 0 bridgehead atoms. The molecule has 1 N–H and O–H groups in total. The summed E-state index contributed by atoms with van der Waals surface area (Å²) in [6.07, 6.45) is 7.59. The first-order valence-corrected chi connectivity index (χ1v) is 9.54. The fourth-order valence-corrected chi connectivity index (χ4v) is 5.97. The molecule has 1 aliphatic rings. The summed E-state index contributed by atoms with van der Waals surface area (Å²) in [5.74, 6) is 1.79. The Labute approximate surface area is 151 Å². The Morgan fingerprint density at radius 1 is 1.38 bits per heavy atom. The van der Waals surface area contributed by atoms with Crippen molar-refractivity contribution in [1.29, 1.82) is 0 Å². The number of halogens is 1. The summed E-state index contributed by atoms with van der Waals surface area (Å²) in [4.78, 5) is 16.4. The predicted octanol–water partition coefficient (Wildman–Crippen LogP) is 3.74. The zero-order valence-electron chi connectivity index (χ0n) is 13.6. The molecule has 0 saturated carbocycles. The van der Waals surface area contributed by atoms with Crippen molar-refractivity contribution in [3.8, 4) is 0 Å². The Bertz CT molecular complexity index is 688. The normalized spacial score (nSPS) is 24.7. The van der Waals surface area contributed by atoms with Gasteiger partial charge < -0.3 is 9.67 Å². The number of carboxylic acid groups (broad SMARTS) is 1. The number of aliphatic carboxylic acids is 1. The predicted molar refractivity (Wildman–Crippen MR) is 102 cm³/mol. The van der Waals surface area contributed by atoms with Gasteiger partial charge >= 0.3 is 5.97 Å². The Morgan fingerprint density at radius 2 is 2.12 bits per heavy atom. The number of hydrogen-bond donors (Lipinski definition) is 2. The van der Waals surface area contributed by atoms with E-state index in [1.165, 1.54) is 5.56 Å². The Kier molecular flexibility index (Phi) is 6.52. The minimum Gasteiger partial charge on any atom is -0.477 e. The Balaban J connectivity index is 0.00000208. The maximum Gasteiger partial charge on any atom is 0.340 e. The largest absolute Gasteiger partial charge is 0.477 e. The molecule has 6 heteroatoms.